The molecule has 0 fully saturated rings. The van der Waals surface area contributed by atoms with Gasteiger partial charge in [-0.3, -0.25) is 0 Å². The van der Waals surface area contributed by atoms with Crippen LogP contribution in [0, 0.1) is 5.92 Å². The third-order valence-electron chi connectivity index (χ3n) is 4.12. The molecule has 0 radical (unpaired) electrons. The van der Waals surface area contributed by atoms with Gasteiger partial charge in [0.15, 0.2) is 0 Å². The zero-order valence-electron chi connectivity index (χ0n) is 16.0. The van der Waals surface area contributed by atoms with Crippen LogP contribution >= 0.6 is 24.8 Å². The number of phenolic OH excluding ortho intramolecular Hbond substituents is 1. The smallest absolute Gasteiger partial charge is 0.115 e. The van der Waals surface area contributed by atoms with Crippen LogP contribution < -0.4 is 11.1 Å². The van der Waals surface area contributed by atoms with Crippen molar-refractivity contribution in [2.45, 2.75) is 38.8 Å². The zero-order chi connectivity index (χ0) is 18.1. The van der Waals surface area contributed by atoms with Crippen LogP contribution in [0.3, 0.4) is 0 Å². The fraction of sp³-hybridized carbons (Fsp3) is 0.364. The van der Waals surface area contributed by atoms with Crippen LogP contribution in [0.1, 0.15) is 31.4 Å². The van der Waals surface area contributed by atoms with Crippen molar-refractivity contribution in [3.05, 3.63) is 71.8 Å². The van der Waals surface area contributed by atoms with Crippen molar-refractivity contribution in [2.24, 2.45) is 11.7 Å². The van der Waals surface area contributed by atoms with Crippen LogP contribution in [0.25, 0.3) is 6.08 Å². The van der Waals surface area contributed by atoms with Gasteiger partial charge in [-0.15, -0.1) is 24.8 Å². The minimum Gasteiger partial charge on any atom is -0.508 e. The molecule has 0 aliphatic carbocycles. The molecule has 2 aromatic rings. The van der Waals surface area contributed by atoms with Crippen LogP contribution in [0.15, 0.2) is 60.7 Å². The standard InChI is InChI=1S/C22H30N2O.2ClH/c1-17(2)14-21(11-8-18-6-4-3-5-7-18)24-16-20(23)15-19-9-12-22(25)13-10-19;;/h3-13,17,20-21,24-25H,14-16,23H2,1-2H3;2*1H. The Kier molecular flexibility index (Phi) is 12.9. The summed E-state index contributed by atoms with van der Waals surface area (Å²) in [5.41, 5.74) is 8.64. The maximum absolute atomic E-state index is 9.35. The number of aromatic hydroxyl groups is 1. The minimum atomic E-state index is 0. The molecule has 0 heterocycles. The third-order valence-corrected chi connectivity index (χ3v) is 4.12. The largest absolute Gasteiger partial charge is 0.508 e. The van der Waals surface area contributed by atoms with Gasteiger partial charge in [0.1, 0.15) is 5.75 Å². The van der Waals surface area contributed by atoms with Crippen LogP contribution in [0.4, 0.5) is 0 Å². The number of halogens is 2. The Hall–Kier alpha value is -1.52. The quantitative estimate of drug-likeness (QED) is 0.554. The molecule has 0 amide bonds. The van der Waals surface area contributed by atoms with Crippen molar-refractivity contribution in [3.63, 3.8) is 0 Å². The molecule has 2 atom stereocenters. The first kappa shape index (κ1) is 25.5. The molecule has 150 valence electrons. The number of phenols is 1. The molecule has 3 nitrogen and oxygen atoms in total. The van der Waals surface area contributed by atoms with Crippen molar-refractivity contribution in [1.29, 1.82) is 0 Å². The van der Waals surface area contributed by atoms with Crippen molar-refractivity contribution in [1.82, 2.24) is 5.32 Å². The summed E-state index contributed by atoms with van der Waals surface area (Å²) in [5, 5.41) is 12.9. The van der Waals surface area contributed by atoms with Crippen LogP contribution in [-0.4, -0.2) is 23.7 Å². The van der Waals surface area contributed by atoms with Gasteiger partial charge in [0.05, 0.1) is 0 Å². The van der Waals surface area contributed by atoms with E-state index in [4.69, 9.17) is 5.73 Å². The van der Waals surface area contributed by atoms with E-state index in [0.717, 1.165) is 24.9 Å². The number of nitrogens with two attached hydrogens (primary N) is 1. The van der Waals surface area contributed by atoms with Gasteiger partial charge in [0.25, 0.3) is 0 Å². The first-order valence-corrected chi connectivity index (χ1v) is 9.03. The van der Waals surface area contributed by atoms with Crippen molar-refractivity contribution < 1.29 is 5.11 Å². The first-order valence-electron chi connectivity index (χ1n) is 9.03. The zero-order valence-corrected chi connectivity index (χ0v) is 17.7. The average molecular weight is 411 g/mol. The summed E-state index contributed by atoms with van der Waals surface area (Å²) in [6.07, 6.45) is 6.29. The SMILES string of the molecule is CC(C)CC(C=Cc1ccccc1)NCC(N)Cc1ccc(O)cc1.Cl.Cl. The third kappa shape index (κ3) is 10.4. The van der Waals surface area contributed by atoms with E-state index in [1.165, 1.54) is 5.56 Å². The molecule has 0 aliphatic rings. The average Bonchev–Trinajstić information content (AvgIpc) is 2.60. The van der Waals surface area contributed by atoms with Gasteiger partial charge in [-0.1, -0.05) is 68.5 Å². The van der Waals surface area contributed by atoms with Gasteiger partial charge in [0.2, 0.25) is 0 Å². The second-order valence-corrected chi connectivity index (χ2v) is 7.04. The highest BCUT2D eigenvalue weighted by Crippen LogP contribution is 2.12. The molecule has 2 aromatic carbocycles. The Balaban J connectivity index is 0.00000338. The van der Waals surface area contributed by atoms with Gasteiger partial charge in [-0.25, -0.2) is 0 Å². The number of hydrogen-bond acceptors (Lipinski definition) is 3. The molecule has 0 saturated heterocycles. The van der Waals surface area contributed by atoms with Crippen molar-refractivity contribution in [3.8, 4) is 5.75 Å². The molecular weight excluding hydrogens is 379 g/mol. The molecule has 27 heavy (non-hydrogen) atoms. The fourth-order valence-corrected chi connectivity index (χ4v) is 2.84. The van der Waals surface area contributed by atoms with E-state index in [9.17, 15) is 5.11 Å². The van der Waals surface area contributed by atoms with Crippen LogP contribution in [0.5, 0.6) is 5.75 Å². The maximum Gasteiger partial charge on any atom is 0.115 e. The highest BCUT2D eigenvalue weighted by Gasteiger charge is 2.10. The molecule has 4 N–H and O–H groups in total. The molecule has 0 bridgehead atoms. The number of benzene rings is 2. The van der Waals surface area contributed by atoms with Gasteiger partial charge in [-0.05, 0) is 42.0 Å². The second kappa shape index (κ2) is 13.6. The summed E-state index contributed by atoms with van der Waals surface area (Å²) in [6, 6.07) is 18.0. The van der Waals surface area contributed by atoms with E-state index >= 15 is 0 Å². The number of rotatable bonds is 9. The molecule has 0 aromatic heterocycles. The predicted octanol–water partition coefficient (Wildman–Crippen LogP) is 4.82. The van der Waals surface area contributed by atoms with E-state index in [0.29, 0.717) is 17.7 Å². The Morgan fingerprint density at radius 3 is 2.22 bits per heavy atom. The molecule has 0 spiro atoms. The fourth-order valence-electron chi connectivity index (χ4n) is 2.84. The summed E-state index contributed by atoms with van der Waals surface area (Å²) in [4.78, 5) is 0. The topological polar surface area (TPSA) is 58.3 Å². The van der Waals surface area contributed by atoms with Crippen molar-refractivity contribution >= 4 is 30.9 Å². The lowest BCUT2D eigenvalue weighted by molar-refractivity contribution is 0.453. The Morgan fingerprint density at radius 2 is 1.63 bits per heavy atom. The second-order valence-electron chi connectivity index (χ2n) is 7.04. The lowest BCUT2D eigenvalue weighted by Gasteiger charge is -2.20. The maximum atomic E-state index is 9.35. The van der Waals surface area contributed by atoms with Gasteiger partial charge >= 0.3 is 0 Å². The molecule has 0 saturated carbocycles. The predicted molar refractivity (Wildman–Crippen MR) is 121 cm³/mol. The lowest BCUT2D eigenvalue weighted by atomic mass is 10.0. The molecule has 0 aliphatic heterocycles. The lowest BCUT2D eigenvalue weighted by Crippen LogP contribution is -2.40. The van der Waals surface area contributed by atoms with Gasteiger partial charge in [-0.2, -0.15) is 0 Å². The van der Waals surface area contributed by atoms with Crippen molar-refractivity contribution in [2.75, 3.05) is 6.54 Å². The summed E-state index contributed by atoms with van der Waals surface area (Å²) in [5.74, 6) is 0.907. The highest BCUT2D eigenvalue weighted by molar-refractivity contribution is 5.85. The Morgan fingerprint density at radius 1 is 1.00 bits per heavy atom. The molecule has 5 heteroatoms. The van der Waals surface area contributed by atoms with E-state index in [1.54, 1.807) is 12.1 Å². The monoisotopic (exact) mass is 410 g/mol. The minimum absolute atomic E-state index is 0. The number of hydrogen-bond donors (Lipinski definition) is 3. The van der Waals surface area contributed by atoms with Gasteiger partial charge < -0.3 is 16.2 Å². The van der Waals surface area contributed by atoms with E-state index in [-0.39, 0.29) is 30.9 Å². The first-order chi connectivity index (χ1) is 12.0. The Labute approximate surface area is 175 Å². The van der Waals surface area contributed by atoms with Crippen LogP contribution in [-0.2, 0) is 6.42 Å². The van der Waals surface area contributed by atoms with E-state index in [1.807, 2.05) is 18.2 Å². The van der Waals surface area contributed by atoms with E-state index < -0.39 is 0 Å². The summed E-state index contributed by atoms with van der Waals surface area (Å²) < 4.78 is 0. The van der Waals surface area contributed by atoms with E-state index in [2.05, 4.69) is 55.6 Å². The van der Waals surface area contributed by atoms with Gasteiger partial charge in [0, 0.05) is 18.6 Å². The normalized spacial score (nSPS) is 13.0. The number of nitrogens with one attached hydrogen (secondary N) is 1. The molecule has 2 rings (SSSR count). The molecule has 2 unspecified atom stereocenters. The van der Waals surface area contributed by atoms with Crippen LogP contribution in [0.2, 0.25) is 0 Å². The summed E-state index contributed by atoms with van der Waals surface area (Å²) >= 11 is 0. The highest BCUT2D eigenvalue weighted by atomic mass is 35.5. The summed E-state index contributed by atoms with van der Waals surface area (Å²) in [6.45, 7) is 5.24. The summed E-state index contributed by atoms with van der Waals surface area (Å²) in [7, 11) is 0. The molecular formula is C22H32Cl2N2O. The Bertz CT molecular complexity index is 645.